The highest BCUT2D eigenvalue weighted by atomic mass is 19.1. The van der Waals surface area contributed by atoms with Crippen molar-refractivity contribution in [2.45, 2.75) is 57.8 Å². The predicted molar refractivity (Wildman–Crippen MR) is 121 cm³/mol. The minimum Gasteiger partial charge on any atom is -0.391 e. The standard InChI is InChI=1S/C23H33FN6O3/c1-23(2,3)20(22(33)29-12-16(31)11-19(29)21(32)26-5)30-13-18(27-28-30)17(25-4)10-14-6-8-15(24)9-7-14/h6-9,13,16-17,19-20,25,31H,10-12H2,1-5H3,(H,26,32)/t16?,17?,19?,20-/m1/s1. The number of carbonyl (C=O) groups excluding carboxylic acids is 2. The number of amides is 2. The Morgan fingerprint density at radius 1 is 1.24 bits per heavy atom. The number of likely N-dealkylation sites (tertiary alicyclic amines) is 1. The zero-order valence-corrected chi connectivity index (χ0v) is 19.7. The highest BCUT2D eigenvalue weighted by Crippen LogP contribution is 2.34. The number of aromatic nitrogens is 3. The molecule has 3 rings (SSSR count). The number of benzene rings is 1. The quantitative estimate of drug-likeness (QED) is 0.573. The fourth-order valence-corrected chi connectivity index (χ4v) is 4.30. The first-order chi connectivity index (χ1) is 15.5. The van der Waals surface area contributed by atoms with Crippen LogP contribution < -0.4 is 10.6 Å². The van der Waals surface area contributed by atoms with Crippen LogP contribution in [0.25, 0.3) is 0 Å². The van der Waals surface area contributed by atoms with Crippen LogP contribution in [0.4, 0.5) is 4.39 Å². The van der Waals surface area contributed by atoms with Crippen LogP contribution in [0.3, 0.4) is 0 Å². The molecule has 1 fully saturated rings. The summed E-state index contributed by atoms with van der Waals surface area (Å²) in [6.45, 7) is 5.86. The molecule has 4 atom stereocenters. The largest absolute Gasteiger partial charge is 0.391 e. The minimum absolute atomic E-state index is 0.0920. The Labute approximate surface area is 193 Å². The van der Waals surface area contributed by atoms with E-state index >= 15 is 0 Å². The van der Waals surface area contributed by atoms with Crippen molar-refractivity contribution in [1.82, 2.24) is 30.5 Å². The molecule has 0 spiro atoms. The maximum absolute atomic E-state index is 13.6. The van der Waals surface area contributed by atoms with Crippen LogP contribution in [0, 0.1) is 11.2 Å². The molecule has 1 aliphatic rings. The van der Waals surface area contributed by atoms with Crippen LogP contribution in [0.15, 0.2) is 30.5 Å². The van der Waals surface area contributed by atoms with E-state index in [0.29, 0.717) is 12.1 Å². The third-order valence-electron chi connectivity index (χ3n) is 6.02. The third-order valence-corrected chi connectivity index (χ3v) is 6.02. The summed E-state index contributed by atoms with van der Waals surface area (Å²) in [5, 5.41) is 24.5. The molecule has 10 heteroatoms. The number of nitrogens with zero attached hydrogens (tertiary/aromatic N) is 4. The van der Waals surface area contributed by atoms with Crippen molar-refractivity contribution >= 4 is 11.8 Å². The summed E-state index contributed by atoms with van der Waals surface area (Å²) in [5.41, 5.74) is 1.05. The number of β-amino-alcohol motifs (C(OH)–C–C–N with tert-alkyl or cyclic N) is 1. The average molecular weight is 461 g/mol. The van der Waals surface area contributed by atoms with Crippen LogP contribution in [-0.4, -0.2) is 69.6 Å². The van der Waals surface area contributed by atoms with Gasteiger partial charge in [0.1, 0.15) is 17.9 Å². The molecule has 0 radical (unpaired) electrons. The van der Waals surface area contributed by atoms with Gasteiger partial charge in [0.25, 0.3) is 0 Å². The van der Waals surface area contributed by atoms with Gasteiger partial charge >= 0.3 is 0 Å². The number of aliphatic hydroxyl groups excluding tert-OH is 1. The second-order valence-corrected chi connectivity index (χ2v) is 9.57. The number of hydrogen-bond donors (Lipinski definition) is 3. The second-order valence-electron chi connectivity index (χ2n) is 9.57. The fourth-order valence-electron chi connectivity index (χ4n) is 4.30. The van der Waals surface area contributed by atoms with Gasteiger partial charge in [0, 0.05) is 20.0 Å². The van der Waals surface area contributed by atoms with Gasteiger partial charge in [-0.15, -0.1) is 5.10 Å². The molecule has 180 valence electrons. The van der Waals surface area contributed by atoms with Crippen molar-refractivity contribution in [1.29, 1.82) is 0 Å². The van der Waals surface area contributed by atoms with Crippen molar-refractivity contribution < 1.29 is 19.1 Å². The first-order valence-corrected chi connectivity index (χ1v) is 11.1. The van der Waals surface area contributed by atoms with Crippen molar-refractivity contribution in [2.75, 3.05) is 20.6 Å². The first-order valence-electron chi connectivity index (χ1n) is 11.1. The Hall–Kier alpha value is -2.85. The molecule has 0 aliphatic carbocycles. The molecule has 0 bridgehead atoms. The maximum Gasteiger partial charge on any atom is 0.248 e. The molecule has 33 heavy (non-hydrogen) atoms. The topological polar surface area (TPSA) is 112 Å². The fraction of sp³-hybridized carbons (Fsp3) is 0.565. The molecule has 0 saturated carbocycles. The highest BCUT2D eigenvalue weighted by molar-refractivity contribution is 5.90. The van der Waals surface area contributed by atoms with Gasteiger partial charge in [-0.2, -0.15) is 0 Å². The summed E-state index contributed by atoms with van der Waals surface area (Å²) in [4.78, 5) is 27.4. The van der Waals surface area contributed by atoms with Gasteiger partial charge in [0.2, 0.25) is 11.8 Å². The molecular weight excluding hydrogens is 427 g/mol. The van der Waals surface area contributed by atoms with E-state index in [-0.39, 0.29) is 36.6 Å². The lowest BCUT2D eigenvalue weighted by Gasteiger charge is -2.34. The molecular formula is C23H33FN6O3. The zero-order valence-electron chi connectivity index (χ0n) is 19.7. The third kappa shape index (κ3) is 5.56. The average Bonchev–Trinajstić information content (AvgIpc) is 3.38. The summed E-state index contributed by atoms with van der Waals surface area (Å²) in [5.74, 6) is -0.885. The number of nitrogens with one attached hydrogen (secondary N) is 2. The molecule has 1 saturated heterocycles. The SMILES string of the molecule is CNC(=O)C1CC(O)CN1C(=O)[C@@H](n1cc(C(Cc2ccc(F)cc2)NC)nn1)C(C)(C)C. The van der Waals surface area contributed by atoms with Crippen LogP contribution in [0.2, 0.25) is 0 Å². The number of aliphatic hydroxyl groups is 1. The molecule has 9 nitrogen and oxygen atoms in total. The van der Waals surface area contributed by atoms with Gasteiger partial charge in [-0.3, -0.25) is 9.59 Å². The molecule has 2 amide bonds. The van der Waals surface area contributed by atoms with Crippen LogP contribution >= 0.6 is 0 Å². The van der Waals surface area contributed by atoms with Gasteiger partial charge < -0.3 is 20.6 Å². The second kappa shape index (κ2) is 9.96. The lowest BCUT2D eigenvalue weighted by atomic mass is 9.85. The maximum atomic E-state index is 13.6. The summed E-state index contributed by atoms with van der Waals surface area (Å²) in [6, 6.07) is 4.65. The van der Waals surface area contributed by atoms with Crippen LogP contribution in [-0.2, 0) is 16.0 Å². The summed E-state index contributed by atoms with van der Waals surface area (Å²) in [6.07, 6.45) is 1.75. The Balaban J connectivity index is 1.87. The normalized spacial score (nSPS) is 20.5. The van der Waals surface area contributed by atoms with E-state index in [9.17, 15) is 19.1 Å². The van der Waals surface area contributed by atoms with E-state index < -0.39 is 23.6 Å². The van der Waals surface area contributed by atoms with E-state index in [1.165, 1.54) is 28.8 Å². The lowest BCUT2D eigenvalue weighted by molar-refractivity contribution is -0.144. The molecule has 1 aromatic carbocycles. The Morgan fingerprint density at radius 3 is 2.48 bits per heavy atom. The van der Waals surface area contributed by atoms with Gasteiger partial charge in [-0.05, 0) is 36.6 Å². The zero-order chi connectivity index (χ0) is 24.3. The van der Waals surface area contributed by atoms with E-state index in [1.807, 2.05) is 20.8 Å². The van der Waals surface area contributed by atoms with E-state index in [4.69, 9.17) is 0 Å². The van der Waals surface area contributed by atoms with E-state index in [1.54, 1.807) is 25.4 Å². The van der Waals surface area contributed by atoms with Gasteiger partial charge in [0.15, 0.2) is 0 Å². The van der Waals surface area contributed by atoms with Crippen molar-refractivity contribution in [3.63, 3.8) is 0 Å². The van der Waals surface area contributed by atoms with Crippen molar-refractivity contribution in [3.05, 3.63) is 47.5 Å². The lowest BCUT2D eigenvalue weighted by Crippen LogP contribution is -2.49. The number of rotatable bonds is 7. The number of carbonyl (C=O) groups is 2. The molecule has 1 aromatic heterocycles. The van der Waals surface area contributed by atoms with Gasteiger partial charge in [-0.1, -0.05) is 38.1 Å². The molecule has 3 unspecified atom stereocenters. The number of halogens is 1. The predicted octanol–water partition coefficient (Wildman–Crippen LogP) is 1.22. The summed E-state index contributed by atoms with van der Waals surface area (Å²) in [7, 11) is 3.32. The Morgan fingerprint density at radius 2 is 1.91 bits per heavy atom. The van der Waals surface area contributed by atoms with Crippen LogP contribution in [0.5, 0.6) is 0 Å². The van der Waals surface area contributed by atoms with Crippen LogP contribution in [0.1, 0.15) is 50.5 Å². The number of hydrogen-bond acceptors (Lipinski definition) is 6. The first kappa shape index (κ1) is 24.8. The Bertz CT molecular complexity index is 971. The summed E-state index contributed by atoms with van der Waals surface area (Å²) >= 11 is 0. The Kier molecular flexibility index (Phi) is 7.48. The molecule has 2 heterocycles. The van der Waals surface area contributed by atoms with E-state index in [0.717, 1.165) is 5.56 Å². The molecule has 1 aliphatic heterocycles. The van der Waals surface area contributed by atoms with Crippen molar-refractivity contribution in [3.8, 4) is 0 Å². The summed E-state index contributed by atoms with van der Waals surface area (Å²) < 4.78 is 14.8. The number of likely N-dealkylation sites (N-methyl/N-ethyl adjacent to an activating group) is 2. The van der Waals surface area contributed by atoms with Gasteiger partial charge in [0.05, 0.1) is 24.0 Å². The van der Waals surface area contributed by atoms with Gasteiger partial charge in [-0.25, -0.2) is 9.07 Å². The molecule has 2 aromatic rings. The van der Waals surface area contributed by atoms with Crippen molar-refractivity contribution in [2.24, 2.45) is 5.41 Å². The highest BCUT2D eigenvalue weighted by Gasteiger charge is 2.45. The monoisotopic (exact) mass is 460 g/mol. The van der Waals surface area contributed by atoms with E-state index in [2.05, 4.69) is 20.9 Å². The molecule has 3 N–H and O–H groups in total. The smallest absolute Gasteiger partial charge is 0.248 e. The minimum atomic E-state index is -0.757.